The number of fused-ring (bicyclic) bond motifs is 1. The van der Waals surface area contributed by atoms with E-state index in [1.807, 2.05) is 0 Å². The van der Waals surface area contributed by atoms with Crippen molar-refractivity contribution in [3.05, 3.63) is 29.3 Å². The van der Waals surface area contributed by atoms with Crippen LogP contribution >= 0.6 is 0 Å². The van der Waals surface area contributed by atoms with Gasteiger partial charge < -0.3 is 14.2 Å². The van der Waals surface area contributed by atoms with Crippen LogP contribution in [0, 0.1) is 0 Å². The molecular weight excluding hydrogens is 380 g/mol. The van der Waals surface area contributed by atoms with Crippen molar-refractivity contribution in [3.63, 3.8) is 0 Å². The quantitative estimate of drug-likeness (QED) is 0.535. The average molecular weight is 402 g/mol. The normalized spacial score (nSPS) is 22.2. The SMILES string of the molecule is O=C1CCC(N2C(=O)c3cccc(OCCCCC4OCCO4)c3C2=O)C(=O)N1. The number of imide groups is 2. The van der Waals surface area contributed by atoms with Crippen LogP contribution in [-0.4, -0.2) is 60.7 Å². The van der Waals surface area contributed by atoms with E-state index >= 15 is 0 Å². The second-order valence-electron chi connectivity index (χ2n) is 7.14. The zero-order valence-electron chi connectivity index (χ0n) is 15.8. The zero-order valence-corrected chi connectivity index (χ0v) is 15.8. The molecule has 0 aliphatic carbocycles. The van der Waals surface area contributed by atoms with Gasteiger partial charge in [-0.3, -0.25) is 29.4 Å². The third-order valence-electron chi connectivity index (χ3n) is 5.21. The molecule has 9 heteroatoms. The van der Waals surface area contributed by atoms with Crippen molar-refractivity contribution in [2.75, 3.05) is 19.8 Å². The molecule has 0 radical (unpaired) electrons. The molecule has 4 rings (SSSR count). The summed E-state index contributed by atoms with van der Waals surface area (Å²) >= 11 is 0. The molecule has 1 atom stereocenters. The minimum absolute atomic E-state index is 0.0849. The van der Waals surface area contributed by atoms with Gasteiger partial charge in [0.1, 0.15) is 11.8 Å². The second kappa shape index (κ2) is 8.30. The summed E-state index contributed by atoms with van der Waals surface area (Å²) in [7, 11) is 0. The van der Waals surface area contributed by atoms with Crippen molar-refractivity contribution in [2.45, 2.75) is 44.4 Å². The van der Waals surface area contributed by atoms with E-state index < -0.39 is 29.7 Å². The van der Waals surface area contributed by atoms with Gasteiger partial charge in [0, 0.05) is 6.42 Å². The summed E-state index contributed by atoms with van der Waals surface area (Å²) in [6, 6.07) is 3.84. The summed E-state index contributed by atoms with van der Waals surface area (Å²) in [4.78, 5) is 50.2. The van der Waals surface area contributed by atoms with Crippen LogP contribution in [0.25, 0.3) is 0 Å². The van der Waals surface area contributed by atoms with Gasteiger partial charge in [0.15, 0.2) is 6.29 Å². The molecule has 3 aliphatic heterocycles. The van der Waals surface area contributed by atoms with Gasteiger partial charge in [0.05, 0.1) is 30.9 Å². The standard InChI is InChI=1S/C20H22N2O7/c23-15-8-7-13(18(24)21-15)22-19(25)12-4-3-5-14(17(12)20(22)26)27-9-2-1-6-16-28-10-11-29-16/h3-5,13,16H,1-2,6-11H2,(H,21,23,24). The Morgan fingerprint density at radius 2 is 1.86 bits per heavy atom. The van der Waals surface area contributed by atoms with E-state index in [1.165, 1.54) is 0 Å². The number of hydrogen-bond donors (Lipinski definition) is 1. The van der Waals surface area contributed by atoms with E-state index in [4.69, 9.17) is 14.2 Å². The van der Waals surface area contributed by atoms with Gasteiger partial charge in [-0.05, 0) is 37.8 Å². The summed E-state index contributed by atoms with van der Waals surface area (Å²) in [6.45, 7) is 1.62. The third kappa shape index (κ3) is 3.88. The van der Waals surface area contributed by atoms with Crippen LogP contribution in [0.1, 0.15) is 52.8 Å². The lowest BCUT2D eigenvalue weighted by Gasteiger charge is -2.27. The van der Waals surface area contributed by atoms with E-state index in [0.717, 1.165) is 24.2 Å². The molecule has 9 nitrogen and oxygen atoms in total. The molecule has 0 bridgehead atoms. The summed E-state index contributed by atoms with van der Waals surface area (Å²) in [5, 5.41) is 2.18. The Kier molecular flexibility index (Phi) is 5.59. The lowest BCUT2D eigenvalue weighted by molar-refractivity contribution is -0.136. The van der Waals surface area contributed by atoms with Crippen molar-refractivity contribution < 1.29 is 33.4 Å². The fraction of sp³-hybridized carbons (Fsp3) is 0.500. The maximum atomic E-state index is 12.9. The molecule has 2 fully saturated rings. The number of ether oxygens (including phenoxy) is 3. The minimum atomic E-state index is -0.987. The molecule has 0 aromatic heterocycles. The Labute approximate surface area is 167 Å². The van der Waals surface area contributed by atoms with Crippen LogP contribution in [0.15, 0.2) is 18.2 Å². The van der Waals surface area contributed by atoms with Crippen molar-refractivity contribution in [1.82, 2.24) is 10.2 Å². The first-order valence-electron chi connectivity index (χ1n) is 9.77. The summed E-state index contributed by atoms with van der Waals surface area (Å²) in [5.74, 6) is -1.82. The second-order valence-corrected chi connectivity index (χ2v) is 7.14. The number of amides is 4. The number of unbranched alkanes of at least 4 members (excludes halogenated alkanes) is 1. The van der Waals surface area contributed by atoms with Gasteiger partial charge in [-0.15, -0.1) is 0 Å². The van der Waals surface area contributed by atoms with Gasteiger partial charge in [-0.1, -0.05) is 6.07 Å². The largest absolute Gasteiger partial charge is 0.493 e. The highest BCUT2D eigenvalue weighted by atomic mass is 16.7. The average Bonchev–Trinajstić information content (AvgIpc) is 3.30. The van der Waals surface area contributed by atoms with Crippen molar-refractivity contribution in [1.29, 1.82) is 0 Å². The summed E-state index contributed by atoms with van der Waals surface area (Å²) in [6.07, 6.45) is 2.41. The molecule has 1 aromatic rings. The fourth-order valence-electron chi connectivity index (χ4n) is 3.77. The lowest BCUT2D eigenvalue weighted by atomic mass is 10.0. The number of benzene rings is 1. The Balaban J connectivity index is 1.40. The van der Waals surface area contributed by atoms with Crippen LogP contribution in [0.2, 0.25) is 0 Å². The topological polar surface area (TPSA) is 111 Å². The Bertz CT molecular complexity index is 847. The molecule has 0 spiro atoms. The molecule has 29 heavy (non-hydrogen) atoms. The highest BCUT2D eigenvalue weighted by Crippen LogP contribution is 2.33. The molecule has 2 saturated heterocycles. The molecule has 1 aromatic carbocycles. The highest BCUT2D eigenvalue weighted by molar-refractivity contribution is 6.24. The maximum Gasteiger partial charge on any atom is 0.266 e. The Morgan fingerprint density at radius 3 is 2.62 bits per heavy atom. The number of piperidine rings is 1. The van der Waals surface area contributed by atoms with Crippen LogP contribution < -0.4 is 10.1 Å². The number of carbonyl (C=O) groups excluding carboxylic acids is 4. The van der Waals surface area contributed by atoms with Crippen LogP contribution in [0.5, 0.6) is 5.75 Å². The van der Waals surface area contributed by atoms with E-state index in [2.05, 4.69) is 5.32 Å². The highest BCUT2D eigenvalue weighted by Gasteiger charge is 2.45. The lowest BCUT2D eigenvalue weighted by Crippen LogP contribution is -2.54. The fourth-order valence-corrected chi connectivity index (χ4v) is 3.77. The van der Waals surface area contributed by atoms with Gasteiger partial charge in [0.2, 0.25) is 11.8 Å². The third-order valence-corrected chi connectivity index (χ3v) is 5.21. The summed E-state index contributed by atoms with van der Waals surface area (Å²) < 4.78 is 16.5. The Morgan fingerprint density at radius 1 is 1.07 bits per heavy atom. The van der Waals surface area contributed by atoms with E-state index in [1.54, 1.807) is 18.2 Å². The van der Waals surface area contributed by atoms with Gasteiger partial charge in [-0.25, -0.2) is 0 Å². The first-order chi connectivity index (χ1) is 14.1. The number of nitrogens with one attached hydrogen (secondary N) is 1. The van der Waals surface area contributed by atoms with Crippen LogP contribution in [0.3, 0.4) is 0 Å². The number of carbonyl (C=O) groups is 4. The molecule has 4 amide bonds. The number of nitrogens with zero attached hydrogens (tertiary/aromatic N) is 1. The van der Waals surface area contributed by atoms with Crippen molar-refractivity contribution in [2.24, 2.45) is 0 Å². The molecule has 1 unspecified atom stereocenters. The van der Waals surface area contributed by atoms with E-state index in [-0.39, 0.29) is 30.3 Å². The molecule has 3 aliphatic rings. The maximum absolute atomic E-state index is 12.9. The van der Waals surface area contributed by atoms with Gasteiger partial charge >= 0.3 is 0 Å². The minimum Gasteiger partial charge on any atom is -0.493 e. The molecular formula is C20H22N2O7. The monoisotopic (exact) mass is 402 g/mol. The summed E-state index contributed by atoms with van der Waals surface area (Å²) in [5.41, 5.74) is 0.384. The molecule has 3 heterocycles. The molecule has 1 N–H and O–H groups in total. The zero-order chi connectivity index (χ0) is 20.4. The molecule has 154 valence electrons. The first kappa shape index (κ1) is 19.5. The number of rotatable bonds is 7. The number of hydrogen-bond acceptors (Lipinski definition) is 7. The van der Waals surface area contributed by atoms with Crippen molar-refractivity contribution >= 4 is 23.6 Å². The smallest absolute Gasteiger partial charge is 0.266 e. The van der Waals surface area contributed by atoms with E-state index in [0.29, 0.717) is 25.6 Å². The van der Waals surface area contributed by atoms with Gasteiger partial charge in [-0.2, -0.15) is 0 Å². The predicted octanol–water partition coefficient (Wildman–Crippen LogP) is 1.01. The molecule has 0 saturated carbocycles. The van der Waals surface area contributed by atoms with Crippen LogP contribution in [0.4, 0.5) is 0 Å². The first-order valence-corrected chi connectivity index (χ1v) is 9.77. The Hall–Kier alpha value is -2.78. The van der Waals surface area contributed by atoms with Crippen LogP contribution in [-0.2, 0) is 19.1 Å². The van der Waals surface area contributed by atoms with E-state index in [9.17, 15) is 19.2 Å². The van der Waals surface area contributed by atoms with Crippen molar-refractivity contribution in [3.8, 4) is 5.75 Å². The van der Waals surface area contributed by atoms with Gasteiger partial charge in [0.25, 0.3) is 11.8 Å². The predicted molar refractivity (Wildman–Crippen MR) is 98.2 cm³/mol.